The summed E-state index contributed by atoms with van der Waals surface area (Å²) in [7, 11) is 3.76. The predicted octanol–water partition coefficient (Wildman–Crippen LogP) is 2.47. The number of rotatable bonds is 2. The largest absolute Gasteiger partial charge is 0.492 e. The molecule has 19 heavy (non-hydrogen) atoms. The van der Waals surface area contributed by atoms with Crippen molar-refractivity contribution in [1.29, 1.82) is 0 Å². The van der Waals surface area contributed by atoms with E-state index in [0.29, 0.717) is 18.4 Å². The minimum Gasteiger partial charge on any atom is -0.492 e. The fourth-order valence-corrected chi connectivity index (χ4v) is 2.23. The highest BCUT2D eigenvalue weighted by Crippen LogP contribution is 2.44. The Morgan fingerprint density at radius 3 is 2.74 bits per heavy atom. The molecule has 1 aromatic carbocycles. The van der Waals surface area contributed by atoms with Gasteiger partial charge in [-0.05, 0) is 11.2 Å². The molecule has 1 aromatic heterocycles. The Bertz CT molecular complexity index is 617. The van der Waals surface area contributed by atoms with Crippen LogP contribution in [0.1, 0.15) is 19.4 Å². The number of benzene rings is 1. The van der Waals surface area contributed by atoms with Gasteiger partial charge in [0, 0.05) is 25.1 Å². The van der Waals surface area contributed by atoms with Gasteiger partial charge in [-0.25, -0.2) is 0 Å². The predicted molar refractivity (Wildman–Crippen MR) is 72.6 cm³/mol. The highest BCUT2D eigenvalue weighted by Gasteiger charge is 2.34. The number of aromatic nitrogens is 2. The Hall–Kier alpha value is -2.04. The highest BCUT2D eigenvalue weighted by molar-refractivity contribution is 5.68. The summed E-state index contributed by atoms with van der Waals surface area (Å²) in [6.07, 6.45) is 0. The lowest BCUT2D eigenvalue weighted by Gasteiger charge is -2.14. The number of hydrogen-bond acceptors (Lipinski definition) is 5. The van der Waals surface area contributed by atoms with Crippen molar-refractivity contribution < 1.29 is 9.26 Å². The summed E-state index contributed by atoms with van der Waals surface area (Å²) in [6, 6.07) is 6.05. The normalized spacial score (nSPS) is 16.0. The topological polar surface area (TPSA) is 51.4 Å². The smallest absolute Gasteiger partial charge is 0.265 e. The number of hydrogen-bond donors (Lipinski definition) is 0. The van der Waals surface area contributed by atoms with E-state index in [-0.39, 0.29) is 5.41 Å². The molecule has 1 aliphatic rings. The maximum atomic E-state index is 5.83. The summed E-state index contributed by atoms with van der Waals surface area (Å²) >= 11 is 0. The van der Waals surface area contributed by atoms with Gasteiger partial charge in [-0.15, -0.1) is 0 Å². The van der Waals surface area contributed by atoms with E-state index in [9.17, 15) is 0 Å². The van der Waals surface area contributed by atoms with Gasteiger partial charge in [0.25, 0.3) is 11.8 Å². The van der Waals surface area contributed by atoms with Crippen LogP contribution < -0.4 is 9.64 Å². The number of fused-ring (bicyclic) bond motifs is 1. The van der Waals surface area contributed by atoms with E-state index in [1.165, 1.54) is 5.56 Å². The van der Waals surface area contributed by atoms with E-state index in [1.807, 2.05) is 26.2 Å². The highest BCUT2D eigenvalue weighted by atomic mass is 16.5. The zero-order chi connectivity index (χ0) is 13.6. The summed E-state index contributed by atoms with van der Waals surface area (Å²) in [5, 5.41) is 3.94. The van der Waals surface area contributed by atoms with Crippen LogP contribution in [0.15, 0.2) is 22.7 Å². The van der Waals surface area contributed by atoms with Crippen molar-refractivity contribution in [1.82, 2.24) is 10.1 Å². The van der Waals surface area contributed by atoms with Crippen molar-refractivity contribution in [2.45, 2.75) is 19.3 Å². The van der Waals surface area contributed by atoms with Gasteiger partial charge >= 0.3 is 0 Å². The molecule has 0 amide bonds. The SMILES string of the molecule is CN(C)c1noc(-c2cccc3c2OCC3(C)C)n1. The molecular weight excluding hydrogens is 242 g/mol. The summed E-state index contributed by atoms with van der Waals surface area (Å²) in [4.78, 5) is 6.18. The molecule has 3 rings (SSSR count). The van der Waals surface area contributed by atoms with Crippen molar-refractivity contribution in [2.75, 3.05) is 25.6 Å². The number of para-hydroxylation sites is 1. The molecule has 0 bridgehead atoms. The van der Waals surface area contributed by atoms with Crippen molar-refractivity contribution >= 4 is 5.95 Å². The third-order valence-electron chi connectivity index (χ3n) is 3.37. The molecule has 0 aliphatic carbocycles. The molecule has 100 valence electrons. The lowest BCUT2D eigenvalue weighted by Crippen LogP contribution is -2.18. The maximum absolute atomic E-state index is 5.83. The minimum atomic E-state index is 0.0236. The number of ether oxygens (including phenoxy) is 1. The fraction of sp³-hybridized carbons (Fsp3) is 0.429. The van der Waals surface area contributed by atoms with E-state index in [4.69, 9.17) is 9.26 Å². The lowest BCUT2D eigenvalue weighted by atomic mass is 9.86. The maximum Gasteiger partial charge on any atom is 0.265 e. The molecule has 0 N–H and O–H groups in total. The molecule has 2 aromatic rings. The van der Waals surface area contributed by atoms with E-state index < -0.39 is 0 Å². The molecular formula is C14H17N3O2. The van der Waals surface area contributed by atoms with Crippen molar-refractivity contribution in [3.8, 4) is 17.2 Å². The molecule has 1 aliphatic heterocycles. The third kappa shape index (κ3) is 1.85. The Labute approximate surface area is 112 Å². The zero-order valence-electron chi connectivity index (χ0n) is 11.6. The van der Waals surface area contributed by atoms with Gasteiger partial charge in [0.05, 0.1) is 12.2 Å². The van der Waals surface area contributed by atoms with Gasteiger partial charge in [-0.2, -0.15) is 4.98 Å². The first-order valence-electron chi connectivity index (χ1n) is 6.27. The van der Waals surface area contributed by atoms with Gasteiger partial charge in [0.2, 0.25) is 0 Å². The van der Waals surface area contributed by atoms with E-state index in [2.05, 4.69) is 30.1 Å². The molecule has 5 nitrogen and oxygen atoms in total. The van der Waals surface area contributed by atoms with Crippen LogP contribution in [-0.4, -0.2) is 30.8 Å². The van der Waals surface area contributed by atoms with Crippen molar-refractivity contribution in [2.24, 2.45) is 0 Å². The van der Waals surface area contributed by atoms with Crippen LogP contribution in [0.4, 0.5) is 5.95 Å². The second-order valence-electron chi connectivity index (χ2n) is 5.65. The lowest BCUT2D eigenvalue weighted by molar-refractivity contribution is 0.291. The first-order chi connectivity index (χ1) is 8.99. The monoisotopic (exact) mass is 259 g/mol. The summed E-state index contributed by atoms with van der Waals surface area (Å²) in [6.45, 7) is 5.01. The van der Waals surface area contributed by atoms with E-state index in [1.54, 1.807) is 4.90 Å². The summed E-state index contributed by atoms with van der Waals surface area (Å²) < 4.78 is 11.2. The number of nitrogens with zero attached hydrogens (tertiary/aromatic N) is 3. The standard InChI is InChI=1S/C14H17N3O2/c1-14(2)8-18-11-9(6-5-7-10(11)14)12-15-13(16-19-12)17(3)4/h5-7H,8H2,1-4H3. The second kappa shape index (κ2) is 3.98. The minimum absolute atomic E-state index is 0.0236. The summed E-state index contributed by atoms with van der Waals surface area (Å²) in [5.41, 5.74) is 2.08. The van der Waals surface area contributed by atoms with Crippen LogP contribution in [0, 0.1) is 0 Å². The van der Waals surface area contributed by atoms with E-state index in [0.717, 1.165) is 11.3 Å². The Balaban J connectivity index is 2.09. The van der Waals surface area contributed by atoms with Gasteiger partial charge in [-0.1, -0.05) is 26.0 Å². The van der Waals surface area contributed by atoms with Gasteiger partial charge < -0.3 is 14.2 Å². The van der Waals surface area contributed by atoms with Crippen LogP contribution >= 0.6 is 0 Å². The molecule has 0 unspecified atom stereocenters. The van der Waals surface area contributed by atoms with Crippen molar-refractivity contribution in [3.63, 3.8) is 0 Å². The molecule has 0 fully saturated rings. The van der Waals surface area contributed by atoms with Gasteiger partial charge in [0.15, 0.2) is 0 Å². The molecule has 0 saturated heterocycles. The van der Waals surface area contributed by atoms with Crippen LogP contribution in [0.3, 0.4) is 0 Å². The third-order valence-corrected chi connectivity index (χ3v) is 3.37. The van der Waals surface area contributed by atoms with Crippen LogP contribution in [0.25, 0.3) is 11.5 Å². The first kappa shape index (κ1) is 12.0. The molecule has 0 radical (unpaired) electrons. The van der Waals surface area contributed by atoms with Crippen molar-refractivity contribution in [3.05, 3.63) is 23.8 Å². The zero-order valence-corrected chi connectivity index (χ0v) is 11.6. The molecule has 0 spiro atoms. The Kier molecular flexibility index (Phi) is 2.52. The van der Waals surface area contributed by atoms with Crippen LogP contribution in [-0.2, 0) is 5.41 Å². The average Bonchev–Trinajstić information content (AvgIpc) is 2.95. The van der Waals surface area contributed by atoms with Gasteiger partial charge in [0.1, 0.15) is 5.75 Å². The fourth-order valence-electron chi connectivity index (χ4n) is 2.23. The summed E-state index contributed by atoms with van der Waals surface area (Å²) in [5.74, 6) is 1.92. The number of anilines is 1. The second-order valence-corrected chi connectivity index (χ2v) is 5.65. The van der Waals surface area contributed by atoms with Crippen LogP contribution in [0.5, 0.6) is 5.75 Å². The average molecular weight is 259 g/mol. The molecule has 0 saturated carbocycles. The Morgan fingerprint density at radius 1 is 1.26 bits per heavy atom. The first-order valence-corrected chi connectivity index (χ1v) is 6.27. The van der Waals surface area contributed by atoms with Gasteiger partial charge in [-0.3, -0.25) is 0 Å². The molecule has 2 heterocycles. The molecule has 5 heteroatoms. The quantitative estimate of drug-likeness (QED) is 0.829. The Morgan fingerprint density at radius 2 is 2.05 bits per heavy atom. The van der Waals surface area contributed by atoms with Crippen LogP contribution in [0.2, 0.25) is 0 Å². The van der Waals surface area contributed by atoms with E-state index >= 15 is 0 Å². The molecule has 0 atom stereocenters.